The van der Waals surface area contributed by atoms with Crippen LogP contribution in [-0.2, 0) is 0 Å². The van der Waals surface area contributed by atoms with Crippen LogP contribution in [0.25, 0.3) is 0 Å². The highest BCUT2D eigenvalue weighted by atomic mass is 79.9. The SMILES string of the molecule is Nc1cncnc1OCBr. The summed E-state index contributed by atoms with van der Waals surface area (Å²) in [7, 11) is 0. The monoisotopic (exact) mass is 203 g/mol. The van der Waals surface area contributed by atoms with Gasteiger partial charge in [0, 0.05) is 0 Å². The maximum atomic E-state index is 5.44. The van der Waals surface area contributed by atoms with Gasteiger partial charge in [-0.05, 0) is 15.9 Å². The van der Waals surface area contributed by atoms with Gasteiger partial charge in [-0.25, -0.2) is 4.98 Å². The molecule has 54 valence electrons. The van der Waals surface area contributed by atoms with Crippen molar-refractivity contribution in [2.24, 2.45) is 0 Å². The number of hydrogen-bond donors (Lipinski definition) is 1. The molecule has 0 fully saturated rings. The quantitative estimate of drug-likeness (QED) is 0.723. The number of anilines is 1. The second-order valence-electron chi connectivity index (χ2n) is 1.54. The minimum Gasteiger partial charge on any atom is -0.464 e. The van der Waals surface area contributed by atoms with E-state index in [1.165, 1.54) is 12.5 Å². The van der Waals surface area contributed by atoms with Crippen molar-refractivity contribution in [3.05, 3.63) is 12.5 Å². The van der Waals surface area contributed by atoms with E-state index in [0.29, 0.717) is 17.1 Å². The number of alkyl halides is 1. The molecule has 0 aliphatic rings. The third kappa shape index (κ3) is 1.57. The predicted octanol–water partition coefficient (Wildman–Crippen LogP) is 0.790. The Morgan fingerprint density at radius 1 is 1.70 bits per heavy atom. The van der Waals surface area contributed by atoms with E-state index in [9.17, 15) is 0 Å². The van der Waals surface area contributed by atoms with Gasteiger partial charge in [-0.15, -0.1) is 0 Å². The Balaban J connectivity index is 2.81. The van der Waals surface area contributed by atoms with Gasteiger partial charge in [0.1, 0.15) is 17.5 Å². The number of halogens is 1. The molecule has 0 radical (unpaired) electrons. The van der Waals surface area contributed by atoms with Crippen molar-refractivity contribution < 1.29 is 4.74 Å². The number of hydrogen-bond acceptors (Lipinski definition) is 4. The van der Waals surface area contributed by atoms with Crippen molar-refractivity contribution in [3.8, 4) is 5.88 Å². The van der Waals surface area contributed by atoms with Gasteiger partial charge in [0.05, 0.1) is 6.20 Å². The molecule has 10 heavy (non-hydrogen) atoms. The molecule has 1 aromatic heterocycles. The Hall–Kier alpha value is -0.840. The average Bonchev–Trinajstić information content (AvgIpc) is 1.94. The summed E-state index contributed by atoms with van der Waals surface area (Å²) < 4.78 is 4.98. The van der Waals surface area contributed by atoms with Crippen molar-refractivity contribution in [2.75, 3.05) is 11.2 Å². The van der Waals surface area contributed by atoms with E-state index in [-0.39, 0.29) is 0 Å². The molecule has 4 nitrogen and oxygen atoms in total. The molecule has 0 unspecified atom stereocenters. The van der Waals surface area contributed by atoms with Gasteiger partial charge >= 0.3 is 0 Å². The van der Waals surface area contributed by atoms with Crippen LogP contribution in [0.1, 0.15) is 0 Å². The normalized spacial score (nSPS) is 9.30. The molecule has 0 aromatic carbocycles. The molecule has 0 spiro atoms. The van der Waals surface area contributed by atoms with Gasteiger partial charge in [-0.2, -0.15) is 4.98 Å². The van der Waals surface area contributed by atoms with E-state index < -0.39 is 0 Å². The van der Waals surface area contributed by atoms with Crippen LogP contribution < -0.4 is 10.5 Å². The van der Waals surface area contributed by atoms with Crippen LogP contribution in [0.5, 0.6) is 5.88 Å². The zero-order valence-electron chi connectivity index (χ0n) is 5.12. The highest BCUT2D eigenvalue weighted by Gasteiger charge is 1.97. The highest BCUT2D eigenvalue weighted by molar-refractivity contribution is 9.09. The zero-order chi connectivity index (χ0) is 7.40. The van der Waals surface area contributed by atoms with E-state index in [1.807, 2.05) is 0 Å². The van der Waals surface area contributed by atoms with E-state index in [2.05, 4.69) is 25.9 Å². The summed E-state index contributed by atoms with van der Waals surface area (Å²) in [6, 6.07) is 0. The summed E-state index contributed by atoms with van der Waals surface area (Å²) >= 11 is 3.08. The first-order valence-corrected chi connectivity index (χ1v) is 3.71. The zero-order valence-corrected chi connectivity index (χ0v) is 6.71. The minimum absolute atomic E-state index is 0.383. The first-order chi connectivity index (χ1) is 4.84. The number of nitrogens with zero attached hydrogens (tertiary/aromatic N) is 2. The lowest BCUT2D eigenvalue weighted by molar-refractivity contribution is 0.383. The Labute approximate surface area is 66.6 Å². The second kappa shape index (κ2) is 3.36. The molecule has 0 amide bonds. The maximum absolute atomic E-state index is 5.44. The molecule has 1 heterocycles. The first kappa shape index (κ1) is 7.27. The van der Waals surface area contributed by atoms with Crippen LogP contribution in [0, 0.1) is 0 Å². The summed E-state index contributed by atoms with van der Waals surface area (Å²) in [5, 5.41) is 0. The molecular formula is C5H6BrN3O. The van der Waals surface area contributed by atoms with Crippen LogP contribution in [0.2, 0.25) is 0 Å². The van der Waals surface area contributed by atoms with Gasteiger partial charge in [0.2, 0.25) is 5.88 Å². The molecular weight excluding hydrogens is 198 g/mol. The number of rotatable bonds is 2. The van der Waals surface area contributed by atoms with E-state index in [0.717, 1.165) is 0 Å². The molecule has 1 rings (SSSR count). The molecule has 2 N–H and O–H groups in total. The highest BCUT2D eigenvalue weighted by Crippen LogP contribution is 2.14. The fraction of sp³-hybridized carbons (Fsp3) is 0.200. The van der Waals surface area contributed by atoms with Crippen LogP contribution >= 0.6 is 15.9 Å². The van der Waals surface area contributed by atoms with Crippen molar-refractivity contribution >= 4 is 21.6 Å². The molecule has 0 saturated carbocycles. The second-order valence-corrected chi connectivity index (χ2v) is 1.99. The maximum Gasteiger partial charge on any atom is 0.241 e. The Morgan fingerprint density at radius 2 is 2.50 bits per heavy atom. The summed E-state index contributed by atoms with van der Waals surface area (Å²) in [4.78, 5) is 7.48. The lowest BCUT2D eigenvalue weighted by Crippen LogP contribution is -1.97. The lowest BCUT2D eigenvalue weighted by atomic mass is 10.5. The van der Waals surface area contributed by atoms with Crippen LogP contribution in [0.3, 0.4) is 0 Å². The van der Waals surface area contributed by atoms with Crippen LogP contribution in [0.15, 0.2) is 12.5 Å². The Kier molecular flexibility index (Phi) is 2.44. The molecule has 5 heteroatoms. The summed E-state index contributed by atoms with van der Waals surface area (Å²) in [6.07, 6.45) is 2.87. The van der Waals surface area contributed by atoms with E-state index >= 15 is 0 Å². The first-order valence-electron chi connectivity index (χ1n) is 2.59. The molecule has 0 saturated heterocycles. The van der Waals surface area contributed by atoms with Crippen LogP contribution in [0.4, 0.5) is 5.69 Å². The number of nitrogen functional groups attached to an aromatic ring is 1. The van der Waals surface area contributed by atoms with Gasteiger partial charge in [0.25, 0.3) is 0 Å². The van der Waals surface area contributed by atoms with Crippen LogP contribution in [-0.4, -0.2) is 15.5 Å². The van der Waals surface area contributed by atoms with Crippen molar-refractivity contribution in [1.82, 2.24) is 9.97 Å². The third-order valence-corrected chi connectivity index (χ3v) is 1.12. The van der Waals surface area contributed by atoms with Gasteiger partial charge < -0.3 is 10.5 Å². The topological polar surface area (TPSA) is 61.0 Å². The smallest absolute Gasteiger partial charge is 0.241 e. The number of nitrogens with two attached hydrogens (primary N) is 1. The van der Waals surface area contributed by atoms with Crippen molar-refractivity contribution in [2.45, 2.75) is 0 Å². The van der Waals surface area contributed by atoms with Crippen molar-refractivity contribution in [1.29, 1.82) is 0 Å². The molecule has 0 aliphatic heterocycles. The van der Waals surface area contributed by atoms with Crippen molar-refractivity contribution in [3.63, 3.8) is 0 Å². The number of aromatic nitrogens is 2. The Bertz CT molecular complexity index is 218. The standard InChI is InChI=1S/C5H6BrN3O/c6-2-10-5-4(7)1-8-3-9-5/h1,3H,2,7H2. The summed E-state index contributed by atoms with van der Waals surface area (Å²) in [5.74, 6) is 0.409. The molecule has 0 atom stereocenters. The summed E-state index contributed by atoms with van der Waals surface area (Å²) in [6.45, 7) is 0. The molecule has 0 aliphatic carbocycles. The fourth-order valence-electron chi connectivity index (χ4n) is 0.501. The van der Waals surface area contributed by atoms with Gasteiger partial charge in [0.15, 0.2) is 0 Å². The van der Waals surface area contributed by atoms with Gasteiger partial charge in [-0.3, -0.25) is 0 Å². The minimum atomic E-state index is 0.383. The fourth-order valence-corrected chi connectivity index (χ4v) is 0.718. The largest absolute Gasteiger partial charge is 0.464 e. The summed E-state index contributed by atoms with van der Waals surface area (Å²) in [5.41, 5.74) is 6.27. The third-order valence-electron chi connectivity index (χ3n) is 0.894. The Morgan fingerprint density at radius 3 is 3.10 bits per heavy atom. The predicted molar refractivity (Wildman–Crippen MR) is 40.9 cm³/mol. The molecule has 0 bridgehead atoms. The van der Waals surface area contributed by atoms with E-state index in [1.54, 1.807) is 0 Å². The van der Waals surface area contributed by atoms with E-state index in [4.69, 9.17) is 10.5 Å². The van der Waals surface area contributed by atoms with Gasteiger partial charge in [-0.1, -0.05) is 0 Å². The lowest BCUT2D eigenvalue weighted by Gasteiger charge is -2.01. The molecule has 1 aromatic rings. The number of ether oxygens (including phenoxy) is 1. The average molecular weight is 204 g/mol.